The molecule has 0 spiro atoms. The van der Waals surface area contributed by atoms with Crippen LogP contribution in [0, 0.1) is 11.2 Å². The van der Waals surface area contributed by atoms with Crippen LogP contribution in [0.5, 0.6) is 5.75 Å². The number of thioether (sulfide) groups is 1. The molecule has 4 rings (SSSR count). The van der Waals surface area contributed by atoms with E-state index in [1.54, 1.807) is 49.2 Å². The van der Waals surface area contributed by atoms with Crippen molar-refractivity contribution in [3.63, 3.8) is 0 Å². The van der Waals surface area contributed by atoms with Gasteiger partial charge in [-0.25, -0.2) is 8.78 Å². The van der Waals surface area contributed by atoms with Crippen LogP contribution in [-0.2, 0) is 0 Å². The molecule has 0 aliphatic carbocycles. The molecule has 1 unspecified atom stereocenters. The van der Waals surface area contributed by atoms with Crippen LogP contribution in [0.2, 0.25) is 5.02 Å². The van der Waals surface area contributed by atoms with Gasteiger partial charge in [0.15, 0.2) is 0 Å². The van der Waals surface area contributed by atoms with Crippen LogP contribution in [0.25, 0.3) is 10.9 Å². The van der Waals surface area contributed by atoms with E-state index in [-0.39, 0.29) is 24.3 Å². The van der Waals surface area contributed by atoms with E-state index in [1.165, 1.54) is 18.3 Å². The lowest BCUT2D eigenvalue weighted by molar-refractivity contribution is 0.0323. The first-order valence-corrected chi connectivity index (χ1v) is 13.3. The Morgan fingerprint density at radius 1 is 1.20 bits per heavy atom. The minimum absolute atomic E-state index is 0.0521. The Kier molecular flexibility index (Phi) is 8.87. The van der Waals surface area contributed by atoms with Crippen LogP contribution in [0.15, 0.2) is 53.6 Å². The number of pyridine rings is 1. The van der Waals surface area contributed by atoms with Gasteiger partial charge in [-0.2, -0.15) is 0 Å². The van der Waals surface area contributed by atoms with E-state index in [1.807, 2.05) is 0 Å². The summed E-state index contributed by atoms with van der Waals surface area (Å²) in [7, 11) is 1.57. The summed E-state index contributed by atoms with van der Waals surface area (Å²) in [6, 6.07) is 11.9. The third-order valence-corrected chi connectivity index (χ3v) is 8.34. The molecule has 1 aromatic heterocycles. The van der Waals surface area contributed by atoms with Gasteiger partial charge in [0.25, 0.3) is 0 Å². The number of ether oxygens (including phenoxy) is 1. The highest BCUT2D eigenvalue weighted by Crippen LogP contribution is 2.42. The number of nitrogens with zero attached hydrogens (tertiary/aromatic N) is 2. The lowest BCUT2D eigenvalue weighted by Crippen LogP contribution is -2.42. The first-order valence-electron chi connectivity index (χ1n) is 11.9. The number of aliphatic hydroxyl groups is 1. The molecule has 2 heterocycles. The van der Waals surface area contributed by atoms with Gasteiger partial charge >= 0.3 is 0 Å². The predicted octanol–water partition coefficient (Wildman–Crippen LogP) is 6.69. The van der Waals surface area contributed by atoms with Crippen molar-refractivity contribution in [3.8, 4) is 5.75 Å². The second kappa shape index (κ2) is 11.9. The number of hydrogen-bond acceptors (Lipinski definition) is 5. The number of piperidine rings is 1. The molecule has 35 heavy (non-hydrogen) atoms. The highest BCUT2D eigenvalue weighted by molar-refractivity contribution is 7.99. The van der Waals surface area contributed by atoms with E-state index in [0.717, 1.165) is 43.1 Å². The molecule has 1 aliphatic heterocycles. The molecule has 2 aromatic carbocycles. The number of hydrogen-bond donors (Lipinski definition) is 1. The third-order valence-electron chi connectivity index (χ3n) is 7.05. The average molecular weight is 521 g/mol. The number of likely N-dealkylation sites (tertiary alicyclic amines) is 1. The maximum absolute atomic E-state index is 15.6. The van der Waals surface area contributed by atoms with Gasteiger partial charge in [0, 0.05) is 40.9 Å². The number of aliphatic hydroxyl groups excluding tert-OH is 1. The van der Waals surface area contributed by atoms with Crippen LogP contribution in [-0.4, -0.2) is 54.1 Å². The fraction of sp³-hybridized carbons (Fsp3) is 0.444. The standard InChI is InChI=1S/C27H31ClF2N2O2S/c1-34-20-4-7-25-22(16-20)26(23(28)17-31-25)24(30)8-9-27(18-33)10-12-32(13-11-27)14-15-35-21-5-2-19(29)3-6-21/h2-7,16-17,24,33H,8-15,18H2,1H3. The van der Waals surface area contributed by atoms with Crippen LogP contribution >= 0.6 is 23.4 Å². The fourth-order valence-electron chi connectivity index (χ4n) is 4.75. The molecule has 0 radical (unpaired) electrons. The number of fused-ring (bicyclic) bond motifs is 1. The van der Waals surface area contributed by atoms with E-state index >= 15 is 4.39 Å². The number of aromatic nitrogens is 1. The monoisotopic (exact) mass is 520 g/mol. The fourth-order valence-corrected chi connectivity index (χ4v) is 5.93. The zero-order valence-corrected chi connectivity index (χ0v) is 21.4. The summed E-state index contributed by atoms with van der Waals surface area (Å²) < 4.78 is 33.9. The van der Waals surface area contributed by atoms with Gasteiger partial charge in [0.1, 0.15) is 17.7 Å². The Labute approximate surface area is 214 Å². The summed E-state index contributed by atoms with van der Waals surface area (Å²) in [5, 5.41) is 11.2. The smallest absolute Gasteiger partial charge is 0.127 e. The molecule has 188 valence electrons. The summed E-state index contributed by atoms with van der Waals surface area (Å²) >= 11 is 8.09. The van der Waals surface area contributed by atoms with Crippen molar-refractivity contribution < 1.29 is 18.6 Å². The first-order chi connectivity index (χ1) is 16.9. The predicted molar refractivity (Wildman–Crippen MR) is 139 cm³/mol. The van der Waals surface area contributed by atoms with Crippen molar-refractivity contribution in [2.75, 3.05) is 39.1 Å². The van der Waals surface area contributed by atoms with Gasteiger partial charge in [-0.15, -0.1) is 11.8 Å². The summed E-state index contributed by atoms with van der Waals surface area (Å²) in [5.74, 6) is 1.33. The Morgan fingerprint density at radius 2 is 1.94 bits per heavy atom. The van der Waals surface area contributed by atoms with Gasteiger partial charge in [-0.05, 0) is 86.7 Å². The molecule has 1 atom stereocenters. The molecule has 0 saturated carbocycles. The summed E-state index contributed by atoms with van der Waals surface area (Å²) in [4.78, 5) is 7.76. The molecule has 1 saturated heterocycles. The third kappa shape index (κ3) is 6.45. The van der Waals surface area contributed by atoms with Crippen LogP contribution in [0.1, 0.15) is 37.4 Å². The average Bonchev–Trinajstić information content (AvgIpc) is 2.89. The normalized spacial score (nSPS) is 16.9. The lowest BCUT2D eigenvalue weighted by Gasteiger charge is -2.41. The summed E-state index contributed by atoms with van der Waals surface area (Å²) in [5.41, 5.74) is 0.841. The Balaban J connectivity index is 1.33. The maximum atomic E-state index is 15.6. The van der Waals surface area contributed by atoms with Crippen LogP contribution in [0.3, 0.4) is 0 Å². The summed E-state index contributed by atoms with van der Waals surface area (Å²) in [6.45, 7) is 2.72. The molecule has 1 aliphatic rings. The molecule has 0 bridgehead atoms. The minimum atomic E-state index is -1.26. The van der Waals surface area contributed by atoms with Crippen molar-refractivity contribution in [1.82, 2.24) is 9.88 Å². The van der Waals surface area contributed by atoms with Gasteiger partial charge in [0.05, 0.1) is 17.6 Å². The largest absolute Gasteiger partial charge is 0.497 e. The highest BCUT2D eigenvalue weighted by Gasteiger charge is 2.35. The van der Waals surface area contributed by atoms with E-state index < -0.39 is 6.17 Å². The zero-order valence-electron chi connectivity index (χ0n) is 19.9. The highest BCUT2D eigenvalue weighted by atomic mass is 35.5. The topological polar surface area (TPSA) is 45.6 Å². The zero-order chi connectivity index (χ0) is 24.8. The quantitative estimate of drug-likeness (QED) is 0.302. The van der Waals surface area contributed by atoms with Crippen LogP contribution < -0.4 is 4.74 Å². The number of methoxy groups -OCH3 is 1. The molecule has 8 heteroatoms. The van der Waals surface area contributed by atoms with Gasteiger partial charge in [-0.1, -0.05) is 11.6 Å². The second-order valence-electron chi connectivity index (χ2n) is 9.21. The second-order valence-corrected chi connectivity index (χ2v) is 10.8. The number of rotatable bonds is 10. The molecule has 3 aromatic rings. The van der Waals surface area contributed by atoms with Crippen molar-refractivity contribution in [1.29, 1.82) is 0 Å². The molecular weight excluding hydrogens is 490 g/mol. The molecular formula is C27H31ClF2N2O2S. The SMILES string of the molecule is COc1ccc2ncc(Cl)c(C(F)CCC3(CO)CCN(CCSc4ccc(F)cc4)CC3)c2c1. The number of halogens is 3. The minimum Gasteiger partial charge on any atom is -0.497 e. The molecule has 0 amide bonds. The maximum Gasteiger partial charge on any atom is 0.127 e. The van der Waals surface area contributed by atoms with E-state index in [0.29, 0.717) is 33.7 Å². The molecule has 4 nitrogen and oxygen atoms in total. The van der Waals surface area contributed by atoms with Crippen molar-refractivity contribution >= 4 is 34.3 Å². The Hall–Kier alpha value is -1.93. The van der Waals surface area contributed by atoms with Crippen molar-refractivity contribution in [2.24, 2.45) is 5.41 Å². The Morgan fingerprint density at radius 3 is 2.63 bits per heavy atom. The van der Waals surface area contributed by atoms with Crippen LogP contribution in [0.4, 0.5) is 8.78 Å². The molecule has 1 N–H and O–H groups in total. The first kappa shape index (κ1) is 26.1. The van der Waals surface area contributed by atoms with E-state index in [9.17, 15) is 9.50 Å². The van der Waals surface area contributed by atoms with Crippen molar-refractivity contribution in [3.05, 3.63) is 65.1 Å². The van der Waals surface area contributed by atoms with E-state index in [2.05, 4.69) is 9.88 Å². The van der Waals surface area contributed by atoms with Gasteiger partial charge < -0.3 is 14.7 Å². The lowest BCUT2D eigenvalue weighted by atomic mass is 9.74. The van der Waals surface area contributed by atoms with Gasteiger partial charge in [0.2, 0.25) is 0 Å². The van der Waals surface area contributed by atoms with Crippen molar-refractivity contribution in [2.45, 2.75) is 36.8 Å². The Bertz CT molecular complexity index is 1120. The number of benzene rings is 2. The molecule has 1 fully saturated rings. The van der Waals surface area contributed by atoms with E-state index in [4.69, 9.17) is 16.3 Å². The number of alkyl halides is 1. The van der Waals surface area contributed by atoms with Gasteiger partial charge in [-0.3, -0.25) is 4.98 Å². The summed E-state index contributed by atoms with van der Waals surface area (Å²) in [6.07, 6.45) is 2.78.